The van der Waals surface area contributed by atoms with Crippen LogP contribution in [0.25, 0.3) is 11.6 Å². The van der Waals surface area contributed by atoms with Crippen LogP contribution >= 0.6 is 0 Å². The molecular weight excluding hydrogens is 1250 g/mol. The summed E-state index contributed by atoms with van der Waals surface area (Å²) in [6.45, 7) is 20.0. The van der Waals surface area contributed by atoms with E-state index >= 15 is 0 Å². The van der Waals surface area contributed by atoms with E-state index in [0.717, 1.165) is 6.42 Å². The maximum Gasteiger partial charge on any atom is 0.394 e. The van der Waals surface area contributed by atoms with Gasteiger partial charge >= 0.3 is 12.4 Å². The van der Waals surface area contributed by atoms with Crippen LogP contribution < -0.4 is 28.7 Å². The Balaban J connectivity index is 0.000000218. The lowest BCUT2D eigenvalue weighted by Crippen LogP contribution is -2.42. The molecule has 2 aromatic carbocycles. The van der Waals surface area contributed by atoms with Gasteiger partial charge in [0.05, 0.1) is 45.0 Å². The first-order valence-electron chi connectivity index (χ1n) is 30.0. The van der Waals surface area contributed by atoms with Crippen molar-refractivity contribution >= 4 is 51.8 Å². The fourth-order valence-electron chi connectivity index (χ4n) is 11.2. The van der Waals surface area contributed by atoms with Crippen molar-refractivity contribution in [3.05, 3.63) is 121 Å². The fraction of sp³-hybridized carbons (Fsp3) is 0.516. The number of nitrogens with one attached hydrogen (secondary N) is 2. The van der Waals surface area contributed by atoms with E-state index in [-0.39, 0.29) is 125 Å². The van der Waals surface area contributed by atoms with Crippen LogP contribution in [0.1, 0.15) is 121 Å². The number of amides is 2. The highest BCUT2D eigenvalue weighted by molar-refractivity contribution is 7.90. The molecule has 0 bridgehead atoms. The van der Waals surface area contributed by atoms with Crippen molar-refractivity contribution in [2.24, 2.45) is 22.7 Å². The number of nitrogens with zero attached hydrogens (tertiary/aromatic N) is 8. The van der Waals surface area contributed by atoms with Gasteiger partial charge in [-0.1, -0.05) is 57.2 Å². The molecule has 2 aliphatic heterocycles. The molecule has 6 heterocycles. The van der Waals surface area contributed by atoms with Crippen LogP contribution in [-0.2, 0) is 24.5 Å². The van der Waals surface area contributed by atoms with Crippen LogP contribution in [0.2, 0.25) is 18.1 Å². The average molecular weight is 1330 g/mol. The highest BCUT2D eigenvalue weighted by atomic mass is 32.2. The molecule has 2 saturated carbocycles. The normalized spacial score (nSPS) is 19.3. The Hall–Kier alpha value is -7.08. The molecule has 4 fully saturated rings. The first kappa shape index (κ1) is 68.3. The number of aliphatic hydroxyl groups is 1. The third-order valence-corrected chi connectivity index (χ3v) is 25.3. The van der Waals surface area contributed by atoms with Gasteiger partial charge in [0.2, 0.25) is 11.8 Å². The van der Waals surface area contributed by atoms with E-state index in [2.05, 4.69) is 58.5 Å². The molecule has 91 heavy (non-hydrogen) atoms. The Morgan fingerprint density at radius 2 is 0.989 bits per heavy atom. The second-order valence-corrected chi connectivity index (χ2v) is 34.9. The van der Waals surface area contributed by atoms with E-state index in [1.54, 1.807) is 42.6 Å². The summed E-state index contributed by atoms with van der Waals surface area (Å²) < 4.78 is 156. The number of pyridine rings is 2. The van der Waals surface area contributed by atoms with Gasteiger partial charge in [0.15, 0.2) is 20.0 Å². The molecule has 20 nitrogen and oxygen atoms in total. The molecule has 2 aliphatic carbocycles. The summed E-state index contributed by atoms with van der Waals surface area (Å²) >= 11 is 0. The van der Waals surface area contributed by atoms with Gasteiger partial charge in [-0.05, 0) is 146 Å². The van der Waals surface area contributed by atoms with Crippen molar-refractivity contribution in [1.29, 1.82) is 0 Å². The SMILES string of the molecule is CC1(C)CC(CO)CN1c1nc(-n2ccc(OCCC3(C(F)(F)F)CC3)n2)ccc1C(=O)NS(=O)(=O)c1ccccc1.CC1(C)CC(CO[Si](C)(C)C(C)(C)C)CN1c1nc(-n2ccc(OCCC3(C(F)(F)F)CC3)n2)ccc1C(=O)NS(=O)(=O)c1ccccc1. The predicted molar refractivity (Wildman–Crippen MR) is 330 cm³/mol. The lowest BCUT2D eigenvalue weighted by Gasteiger charge is -2.37. The highest BCUT2D eigenvalue weighted by Crippen LogP contribution is 2.61. The standard InChI is InChI=1S/C34H46F3N5O5SSi.C28H32F3N5O5S/c1-31(2,3)49(6,7)47-23-24-21-32(4,5)41(22-24)29-26(30(43)40-48(44,45)25-11-9-8-10-12-25)13-14-27(38-29)42-19-15-28(39-42)46-20-18-33(16-17-33)34(35,36)37;1-26(2)16-19(18-37)17-35(26)24-21(25(38)34-42(39,40)20-6-4-3-5-7-20)8-9-22(32-24)36-14-10-23(33-36)41-15-13-27(11-12-27)28(29,30)31/h8-15,19,24H,16-18,20-23H2,1-7H3,(H,40,43);3-10,14,19,37H,11-13,15-18H2,1-2H3,(H,34,38). The van der Waals surface area contributed by atoms with Crippen molar-refractivity contribution in [3.8, 4) is 23.4 Å². The van der Waals surface area contributed by atoms with Gasteiger partial charge in [0.1, 0.15) is 11.6 Å². The zero-order valence-corrected chi connectivity index (χ0v) is 54.9. The number of aromatic nitrogens is 6. The summed E-state index contributed by atoms with van der Waals surface area (Å²) in [5.74, 6) is -0.352. The van der Waals surface area contributed by atoms with Gasteiger partial charge in [0, 0.05) is 73.7 Å². The number of carbonyl (C=O) groups excluding carboxylic acids is 2. The molecule has 3 N–H and O–H groups in total. The van der Waals surface area contributed by atoms with Gasteiger partial charge in [0.25, 0.3) is 31.9 Å². The molecule has 2 unspecified atom stereocenters. The molecule has 2 amide bonds. The van der Waals surface area contributed by atoms with Crippen LogP contribution in [0, 0.1) is 22.7 Å². The van der Waals surface area contributed by atoms with E-state index in [4.69, 9.17) is 18.9 Å². The molecule has 2 saturated heterocycles. The summed E-state index contributed by atoms with van der Waals surface area (Å²) in [4.78, 5) is 40.3. The first-order chi connectivity index (χ1) is 42.4. The minimum atomic E-state index is -4.26. The summed E-state index contributed by atoms with van der Waals surface area (Å²) in [7, 11) is -10.4. The van der Waals surface area contributed by atoms with Gasteiger partial charge in [-0.15, -0.1) is 10.2 Å². The number of carbonyl (C=O) groups is 2. The third-order valence-electron chi connectivity index (χ3n) is 18.1. The zero-order valence-electron chi connectivity index (χ0n) is 52.2. The van der Waals surface area contributed by atoms with Crippen LogP contribution in [0.3, 0.4) is 0 Å². The van der Waals surface area contributed by atoms with E-state index in [1.807, 2.05) is 37.5 Å². The molecule has 4 aromatic heterocycles. The third kappa shape index (κ3) is 15.4. The molecule has 0 radical (unpaired) electrons. The molecule has 6 aromatic rings. The van der Waals surface area contributed by atoms with Crippen LogP contribution in [0.4, 0.5) is 38.0 Å². The lowest BCUT2D eigenvalue weighted by molar-refractivity contribution is -0.190. The number of ether oxygens (including phenoxy) is 2. The largest absolute Gasteiger partial charge is 0.477 e. The topological polar surface area (TPSA) is 242 Å². The molecule has 4 aliphatic rings. The fourth-order valence-corrected chi connectivity index (χ4v) is 14.3. The summed E-state index contributed by atoms with van der Waals surface area (Å²) in [5, 5.41) is 18.5. The second kappa shape index (κ2) is 25.4. The number of anilines is 2. The molecule has 29 heteroatoms. The first-order valence-corrected chi connectivity index (χ1v) is 35.8. The van der Waals surface area contributed by atoms with Gasteiger partial charge in [-0.3, -0.25) is 9.59 Å². The zero-order chi connectivity index (χ0) is 66.4. The number of rotatable bonds is 22. The number of hydrogen-bond acceptors (Lipinski definition) is 16. The summed E-state index contributed by atoms with van der Waals surface area (Å²) in [5.41, 5.74) is -4.28. The Bertz CT molecular complexity index is 3820. The van der Waals surface area contributed by atoms with Gasteiger partial charge in [-0.25, -0.2) is 45.6 Å². The van der Waals surface area contributed by atoms with Crippen molar-refractivity contribution < 1.29 is 71.8 Å². The Morgan fingerprint density at radius 1 is 0.604 bits per heavy atom. The molecule has 494 valence electrons. The van der Waals surface area contributed by atoms with Gasteiger partial charge < -0.3 is 28.8 Å². The number of benzene rings is 2. The van der Waals surface area contributed by atoms with Gasteiger partial charge in [-0.2, -0.15) is 26.3 Å². The quantitative estimate of drug-likeness (QED) is 0.0423. The van der Waals surface area contributed by atoms with Crippen LogP contribution in [-0.4, -0.2) is 135 Å². The van der Waals surface area contributed by atoms with E-state index in [1.165, 1.54) is 76.2 Å². The van der Waals surface area contributed by atoms with Crippen LogP contribution in [0.15, 0.2) is 119 Å². The average Bonchev–Trinajstić information content (AvgIpc) is 1.71. The molecule has 0 spiro atoms. The number of hydrogen-bond donors (Lipinski definition) is 3. The molecular formula is C62H78F6N10O10S2Si. The Morgan fingerprint density at radius 3 is 1.34 bits per heavy atom. The van der Waals surface area contributed by atoms with E-state index in [0.29, 0.717) is 31.9 Å². The smallest absolute Gasteiger partial charge is 0.394 e. The number of aliphatic hydroxyl groups excluding tert-OH is 1. The predicted octanol–water partition coefficient (Wildman–Crippen LogP) is 11.2. The van der Waals surface area contributed by atoms with E-state index < -0.39 is 74.4 Å². The minimum Gasteiger partial charge on any atom is -0.477 e. The summed E-state index contributed by atoms with van der Waals surface area (Å²) in [6, 6.07) is 24.1. The van der Waals surface area contributed by atoms with Crippen molar-refractivity contribution in [2.75, 3.05) is 49.3 Å². The Labute approximate surface area is 527 Å². The molecule has 2 atom stereocenters. The maximum atomic E-state index is 13.7. The van der Waals surface area contributed by atoms with Crippen LogP contribution in [0.5, 0.6) is 11.8 Å². The number of alkyl halides is 6. The number of sulfonamides is 2. The maximum absolute atomic E-state index is 13.7. The van der Waals surface area contributed by atoms with Crippen molar-refractivity contribution in [3.63, 3.8) is 0 Å². The minimum absolute atomic E-state index is 0.00966. The van der Waals surface area contributed by atoms with Crippen molar-refractivity contribution in [1.82, 2.24) is 39.0 Å². The second-order valence-electron chi connectivity index (χ2n) is 26.8. The summed E-state index contributed by atoms with van der Waals surface area (Å²) in [6.07, 6.45) is -3.97. The highest BCUT2D eigenvalue weighted by Gasteiger charge is 2.63. The van der Waals surface area contributed by atoms with Crippen molar-refractivity contribution in [2.45, 2.75) is 151 Å². The monoisotopic (exact) mass is 1330 g/mol. The number of halogens is 6. The van der Waals surface area contributed by atoms with E-state index in [9.17, 15) is 57.9 Å². The lowest BCUT2D eigenvalue weighted by atomic mass is 9.97. The molecule has 10 rings (SSSR count). The Kier molecular flexibility index (Phi) is 19.1.